The van der Waals surface area contributed by atoms with E-state index in [0.717, 1.165) is 61.2 Å². The summed E-state index contributed by atoms with van der Waals surface area (Å²) in [5.41, 5.74) is 4.91. The molecule has 0 unspecified atom stereocenters. The van der Waals surface area contributed by atoms with Crippen molar-refractivity contribution in [3.63, 3.8) is 0 Å². The summed E-state index contributed by atoms with van der Waals surface area (Å²) >= 11 is 0. The zero-order valence-corrected chi connectivity index (χ0v) is 18.7. The molecule has 31 heavy (non-hydrogen) atoms. The van der Waals surface area contributed by atoms with E-state index in [9.17, 15) is 4.79 Å². The molecule has 1 aliphatic heterocycles. The Morgan fingerprint density at radius 3 is 2.58 bits per heavy atom. The van der Waals surface area contributed by atoms with E-state index in [1.165, 1.54) is 11.6 Å². The van der Waals surface area contributed by atoms with Gasteiger partial charge in [0, 0.05) is 55.6 Å². The van der Waals surface area contributed by atoms with Crippen LogP contribution in [-0.4, -0.2) is 53.4 Å². The van der Waals surface area contributed by atoms with Crippen LogP contribution in [0.3, 0.4) is 0 Å². The monoisotopic (exact) mass is 421 g/mol. The molecular formula is C26H32FN3O. The summed E-state index contributed by atoms with van der Waals surface area (Å²) in [6.45, 7) is 10.5. The molecule has 164 valence electrons. The number of aromatic nitrogens is 1. The zero-order chi connectivity index (χ0) is 22.0. The van der Waals surface area contributed by atoms with Crippen molar-refractivity contribution < 1.29 is 9.18 Å². The number of carbonyl (C=O) groups excluding carboxylic acids is 1. The number of nitrogens with one attached hydrogen (secondary N) is 1. The Labute approximate surface area is 184 Å². The topological polar surface area (TPSA) is 39.3 Å². The van der Waals surface area contributed by atoms with Gasteiger partial charge in [-0.25, -0.2) is 4.39 Å². The third-order valence-corrected chi connectivity index (χ3v) is 6.67. The summed E-state index contributed by atoms with van der Waals surface area (Å²) in [7, 11) is 0. The van der Waals surface area contributed by atoms with Gasteiger partial charge in [0.05, 0.1) is 0 Å². The molecule has 0 bridgehead atoms. The van der Waals surface area contributed by atoms with Gasteiger partial charge in [-0.2, -0.15) is 0 Å². The van der Waals surface area contributed by atoms with E-state index < -0.39 is 0 Å². The van der Waals surface area contributed by atoms with Gasteiger partial charge in [-0.05, 0) is 42.6 Å². The van der Waals surface area contributed by atoms with Gasteiger partial charge in [0.25, 0.3) is 0 Å². The van der Waals surface area contributed by atoms with E-state index in [2.05, 4.69) is 35.9 Å². The van der Waals surface area contributed by atoms with Crippen molar-refractivity contribution in [2.75, 3.05) is 32.7 Å². The second kappa shape index (κ2) is 9.23. The number of hydrogen-bond donors (Lipinski definition) is 1. The van der Waals surface area contributed by atoms with Gasteiger partial charge in [-0.15, -0.1) is 0 Å². The summed E-state index contributed by atoms with van der Waals surface area (Å²) < 4.78 is 15.0. The van der Waals surface area contributed by atoms with Crippen LogP contribution in [-0.2, 0) is 11.2 Å². The number of hydrogen-bond acceptors (Lipinski definition) is 2. The van der Waals surface area contributed by atoms with Crippen molar-refractivity contribution in [3.05, 3.63) is 70.7 Å². The van der Waals surface area contributed by atoms with Crippen molar-refractivity contribution in [1.29, 1.82) is 0 Å². The number of carbonyl (C=O) groups is 1. The van der Waals surface area contributed by atoms with E-state index in [0.29, 0.717) is 5.56 Å². The highest BCUT2D eigenvalue weighted by Crippen LogP contribution is 2.36. The highest BCUT2D eigenvalue weighted by Gasteiger charge is 2.28. The number of aromatic amines is 1. The van der Waals surface area contributed by atoms with E-state index in [4.69, 9.17) is 0 Å². The van der Waals surface area contributed by atoms with Crippen LogP contribution in [0.1, 0.15) is 48.4 Å². The average Bonchev–Trinajstić information content (AvgIpc) is 3.23. The van der Waals surface area contributed by atoms with Crippen LogP contribution in [0.4, 0.5) is 4.39 Å². The van der Waals surface area contributed by atoms with Crippen molar-refractivity contribution in [1.82, 2.24) is 14.8 Å². The molecule has 0 saturated carbocycles. The zero-order valence-electron chi connectivity index (χ0n) is 18.7. The fourth-order valence-corrected chi connectivity index (χ4v) is 4.76. The quantitative estimate of drug-likeness (QED) is 0.617. The lowest BCUT2D eigenvalue weighted by atomic mass is 9.86. The number of halogens is 1. The van der Waals surface area contributed by atoms with Crippen LogP contribution in [0, 0.1) is 12.7 Å². The number of para-hydroxylation sites is 1. The first-order chi connectivity index (χ1) is 15.0. The number of benzene rings is 2. The molecule has 1 amide bonds. The Morgan fingerprint density at radius 1 is 1.10 bits per heavy atom. The third kappa shape index (κ3) is 4.38. The SMILES string of the molecule is CCc1cccc2c([C@@H](CC(=O)N3CCN(CC)CC3)c3cc(C)ccc3F)c[nH]c12. The predicted octanol–water partition coefficient (Wildman–Crippen LogP) is 4.86. The number of H-pyrrole nitrogens is 1. The maximum Gasteiger partial charge on any atom is 0.223 e. The molecule has 1 saturated heterocycles. The molecule has 1 aliphatic rings. The van der Waals surface area contributed by atoms with Crippen LogP contribution in [0.25, 0.3) is 10.9 Å². The molecule has 1 atom stereocenters. The van der Waals surface area contributed by atoms with Crippen LogP contribution < -0.4 is 0 Å². The van der Waals surface area contributed by atoms with Gasteiger partial charge in [0.2, 0.25) is 5.91 Å². The van der Waals surface area contributed by atoms with Crippen molar-refractivity contribution >= 4 is 16.8 Å². The minimum atomic E-state index is -0.322. The molecule has 2 heterocycles. The molecular weight excluding hydrogens is 389 g/mol. The number of fused-ring (bicyclic) bond motifs is 1. The summed E-state index contributed by atoms with van der Waals surface area (Å²) in [5.74, 6) is -0.472. The third-order valence-electron chi connectivity index (χ3n) is 6.67. The Hall–Kier alpha value is -2.66. The molecule has 1 aromatic heterocycles. The smallest absolute Gasteiger partial charge is 0.223 e. The molecule has 4 nitrogen and oxygen atoms in total. The van der Waals surface area contributed by atoms with E-state index in [-0.39, 0.29) is 24.1 Å². The van der Waals surface area contributed by atoms with Crippen LogP contribution in [0.5, 0.6) is 0 Å². The minimum absolute atomic E-state index is 0.0997. The number of nitrogens with zero attached hydrogens (tertiary/aromatic N) is 2. The lowest BCUT2D eigenvalue weighted by Gasteiger charge is -2.35. The fourth-order valence-electron chi connectivity index (χ4n) is 4.76. The van der Waals surface area contributed by atoms with E-state index >= 15 is 4.39 Å². The largest absolute Gasteiger partial charge is 0.361 e. The van der Waals surface area contributed by atoms with Gasteiger partial charge >= 0.3 is 0 Å². The van der Waals surface area contributed by atoms with Crippen molar-refractivity contribution in [2.24, 2.45) is 0 Å². The molecule has 0 radical (unpaired) electrons. The molecule has 1 fully saturated rings. The maximum atomic E-state index is 15.0. The van der Waals surface area contributed by atoms with E-state index in [1.807, 2.05) is 30.2 Å². The summed E-state index contributed by atoms with van der Waals surface area (Å²) in [6, 6.07) is 11.4. The highest BCUT2D eigenvalue weighted by molar-refractivity contribution is 5.88. The second-order valence-electron chi connectivity index (χ2n) is 8.53. The van der Waals surface area contributed by atoms with E-state index in [1.54, 1.807) is 6.07 Å². The summed E-state index contributed by atoms with van der Waals surface area (Å²) in [5, 5.41) is 1.08. The first-order valence-electron chi connectivity index (χ1n) is 11.4. The lowest BCUT2D eigenvalue weighted by Crippen LogP contribution is -2.48. The van der Waals surface area contributed by atoms with Crippen LogP contribution in [0.2, 0.25) is 0 Å². The van der Waals surface area contributed by atoms with Crippen molar-refractivity contribution in [2.45, 2.75) is 39.5 Å². The fraction of sp³-hybridized carbons (Fsp3) is 0.423. The van der Waals surface area contributed by atoms with Gasteiger partial charge in [-0.1, -0.05) is 49.7 Å². The second-order valence-corrected chi connectivity index (χ2v) is 8.53. The Balaban J connectivity index is 1.71. The van der Waals surface area contributed by atoms with Crippen LogP contribution in [0.15, 0.2) is 42.6 Å². The molecule has 2 aromatic carbocycles. The highest BCUT2D eigenvalue weighted by atomic mass is 19.1. The summed E-state index contributed by atoms with van der Waals surface area (Å²) in [4.78, 5) is 21.0. The van der Waals surface area contributed by atoms with Gasteiger partial charge < -0.3 is 14.8 Å². The number of aryl methyl sites for hydroxylation is 2. The number of piperazine rings is 1. The van der Waals surface area contributed by atoms with Crippen molar-refractivity contribution in [3.8, 4) is 0 Å². The summed E-state index contributed by atoms with van der Waals surface area (Å²) in [6.07, 6.45) is 3.16. The molecule has 3 aromatic rings. The molecule has 1 N–H and O–H groups in total. The molecule has 4 rings (SSSR count). The minimum Gasteiger partial charge on any atom is -0.361 e. The van der Waals surface area contributed by atoms with Gasteiger partial charge in [0.1, 0.15) is 5.82 Å². The normalized spacial score (nSPS) is 16.1. The molecule has 0 aliphatic carbocycles. The number of amides is 1. The first kappa shape index (κ1) is 21.6. The predicted molar refractivity (Wildman–Crippen MR) is 124 cm³/mol. The maximum absolute atomic E-state index is 15.0. The Kier molecular flexibility index (Phi) is 6.42. The number of rotatable bonds is 6. The Morgan fingerprint density at radius 2 is 1.87 bits per heavy atom. The number of likely N-dealkylation sites (N-methyl/N-ethyl adjacent to an activating group) is 1. The van der Waals surface area contributed by atoms with Crippen LogP contribution >= 0.6 is 0 Å². The first-order valence-corrected chi connectivity index (χ1v) is 11.4. The van der Waals surface area contributed by atoms with Gasteiger partial charge in [0.15, 0.2) is 0 Å². The lowest BCUT2D eigenvalue weighted by molar-refractivity contribution is -0.133. The molecule has 0 spiro atoms. The standard InChI is InChI=1S/C26H32FN3O/c1-4-19-7-6-8-20-23(17-28-26(19)20)21(22-15-18(3)9-10-24(22)27)16-25(31)30-13-11-29(5-2)12-14-30/h6-10,15,17,21,28H,4-5,11-14,16H2,1-3H3/t21-/m0/s1. The average molecular weight is 422 g/mol. The molecule has 5 heteroatoms. The Bertz CT molecular complexity index is 1070. The van der Waals surface area contributed by atoms with Gasteiger partial charge in [-0.3, -0.25) is 4.79 Å².